The van der Waals surface area contributed by atoms with Crippen molar-refractivity contribution in [3.63, 3.8) is 0 Å². The Morgan fingerprint density at radius 3 is 2.62 bits per heavy atom. The predicted octanol–water partition coefficient (Wildman–Crippen LogP) is 3.17. The van der Waals surface area contributed by atoms with Crippen LogP contribution in [-0.2, 0) is 9.53 Å². The van der Waals surface area contributed by atoms with E-state index >= 15 is 0 Å². The van der Waals surface area contributed by atoms with Crippen molar-refractivity contribution in [1.82, 2.24) is 10.5 Å². The van der Waals surface area contributed by atoms with E-state index < -0.39 is 17.6 Å². The van der Waals surface area contributed by atoms with Gasteiger partial charge in [-0.15, -0.1) is 0 Å². The lowest BCUT2D eigenvalue weighted by atomic mass is 9.97. The van der Waals surface area contributed by atoms with Gasteiger partial charge in [0.15, 0.2) is 5.76 Å². The molecule has 1 aromatic carbocycles. The Labute approximate surface area is 140 Å². The first-order valence-electron chi connectivity index (χ1n) is 7.84. The van der Waals surface area contributed by atoms with E-state index in [9.17, 15) is 9.59 Å². The Bertz CT molecular complexity index is 802. The van der Waals surface area contributed by atoms with Crippen molar-refractivity contribution in [1.29, 1.82) is 0 Å². The summed E-state index contributed by atoms with van der Waals surface area (Å²) in [4.78, 5) is 24.7. The molecule has 24 heavy (non-hydrogen) atoms. The molecule has 1 N–H and O–H groups in total. The van der Waals surface area contributed by atoms with Gasteiger partial charge in [0.05, 0.1) is 17.7 Å². The largest absolute Gasteiger partial charge is 0.460 e. The van der Waals surface area contributed by atoms with Crippen LogP contribution in [0.15, 0.2) is 28.8 Å². The molecule has 2 aromatic rings. The maximum absolute atomic E-state index is 12.5. The smallest absolute Gasteiger partial charge is 0.308 e. The number of aromatic nitrogens is 1. The quantitative estimate of drug-likeness (QED) is 0.856. The van der Waals surface area contributed by atoms with E-state index in [1.165, 1.54) is 0 Å². The van der Waals surface area contributed by atoms with Crippen LogP contribution in [0.1, 0.15) is 55.0 Å². The number of rotatable bonds is 2. The molecule has 1 amide bonds. The predicted molar refractivity (Wildman–Crippen MR) is 87.3 cm³/mol. The lowest BCUT2D eigenvalue weighted by Gasteiger charge is -2.21. The molecule has 0 aliphatic carbocycles. The average molecular weight is 328 g/mol. The number of esters is 1. The number of ether oxygens (including phenoxy) is 1. The number of nitrogens with one attached hydrogen (secondary N) is 1. The van der Waals surface area contributed by atoms with Crippen molar-refractivity contribution in [3.8, 4) is 11.1 Å². The van der Waals surface area contributed by atoms with Gasteiger partial charge in [0.25, 0.3) is 5.91 Å². The summed E-state index contributed by atoms with van der Waals surface area (Å²) >= 11 is 0. The van der Waals surface area contributed by atoms with Crippen LogP contribution >= 0.6 is 0 Å². The van der Waals surface area contributed by atoms with Gasteiger partial charge in [0.2, 0.25) is 0 Å². The zero-order valence-corrected chi connectivity index (χ0v) is 14.2. The number of carbonyl (C=O) groups excluding carboxylic acids is 2. The fraction of sp³-hybridized carbons (Fsp3) is 0.389. The second kappa shape index (κ2) is 5.78. The first-order valence-corrected chi connectivity index (χ1v) is 7.84. The van der Waals surface area contributed by atoms with E-state index in [4.69, 9.17) is 9.26 Å². The van der Waals surface area contributed by atoms with Gasteiger partial charge in [0, 0.05) is 5.56 Å². The topological polar surface area (TPSA) is 81.4 Å². The maximum atomic E-state index is 12.5. The standard InChI is InChI=1S/C18H20N2O4/c1-10-15-11-7-5-6-8-12(11)17(22)19-13(16(15)24-20-10)9-14(21)23-18(2,3)4/h5-8,13H,9H2,1-4H3,(H,19,22)/t13-/m0/s1. The van der Waals surface area contributed by atoms with Crippen LogP contribution in [0.3, 0.4) is 0 Å². The molecule has 126 valence electrons. The SMILES string of the molecule is Cc1noc2c1-c1ccccc1C(=O)N[C@H]2CC(=O)OC(C)(C)C. The average Bonchev–Trinajstić information content (AvgIpc) is 2.80. The van der Waals surface area contributed by atoms with E-state index in [0.29, 0.717) is 17.0 Å². The first kappa shape index (κ1) is 16.2. The van der Waals surface area contributed by atoms with Gasteiger partial charge in [-0.3, -0.25) is 9.59 Å². The fourth-order valence-electron chi connectivity index (χ4n) is 2.85. The molecule has 1 aromatic heterocycles. The fourth-order valence-corrected chi connectivity index (χ4v) is 2.85. The molecule has 0 bridgehead atoms. The molecule has 1 atom stereocenters. The Morgan fingerprint density at radius 2 is 1.96 bits per heavy atom. The Kier molecular flexibility index (Phi) is 3.91. The highest BCUT2D eigenvalue weighted by atomic mass is 16.6. The molecule has 0 saturated heterocycles. The minimum absolute atomic E-state index is 0.0152. The summed E-state index contributed by atoms with van der Waals surface area (Å²) in [5.41, 5.74) is 2.16. The molecule has 2 heterocycles. The van der Waals surface area contributed by atoms with Crippen LogP contribution in [0.5, 0.6) is 0 Å². The summed E-state index contributed by atoms with van der Waals surface area (Å²) in [6.45, 7) is 7.22. The van der Waals surface area contributed by atoms with Crippen molar-refractivity contribution in [2.75, 3.05) is 0 Å². The van der Waals surface area contributed by atoms with Crippen molar-refractivity contribution >= 4 is 11.9 Å². The number of amides is 1. The van der Waals surface area contributed by atoms with Gasteiger partial charge in [-0.25, -0.2) is 0 Å². The summed E-state index contributed by atoms with van der Waals surface area (Å²) in [5.74, 6) is -0.166. The Hall–Kier alpha value is -2.63. The Morgan fingerprint density at radius 1 is 1.29 bits per heavy atom. The van der Waals surface area contributed by atoms with E-state index in [1.807, 2.05) is 19.1 Å². The van der Waals surface area contributed by atoms with E-state index in [-0.39, 0.29) is 12.3 Å². The minimum Gasteiger partial charge on any atom is -0.460 e. The van der Waals surface area contributed by atoms with E-state index in [2.05, 4.69) is 10.5 Å². The molecule has 1 aliphatic heterocycles. The monoisotopic (exact) mass is 328 g/mol. The van der Waals surface area contributed by atoms with Crippen LogP contribution in [-0.4, -0.2) is 22.6 Å². The van der Waals surface area contributed by atoms with Crippen LogP contribution in [0.4, 0.5) is 0 Å². The zero-order valence-electron chi connectivity index (χ0n) is 14.2. The van der Waals surface area contributed by atoms with Gasteiger partial charge in [-0.05, 0) is 39.3 Å². The summed E-state index contributed by atoms with van der Waals surface area (Å²) in [6, 6.07) is 6.65. The third-order valence-corrected chi connectivity index (χ3v) is 3.74. The lowest BCUT2D eigenvalue weighted by molar-refractivity contribution is -0.155. The van der Waals surface area contributed by atoms with Crippen molar-refractivity contribution in [2.45, 2.75) is 45.8 Å². The first-order chi connectivity index (χ1) is 11.3. The highest BCUT2D eigenvalue weighted by molar-refractivity contribution is 6.03. The molecular weight excluding hydrogens is 308 g/mol. The van der Waals surface area contributed by atoms with Gasteiger partial charge in [-0.1, -0.05) is 23.4 Å². The molecule has 0 radical (unpaired) electrons. The third-order valence-electron chi connectivity index (χ3n) is 3.74. The van der Waals surface area contributed by atoms with Crippen LogP contribution in [0.25, 0.3) is 11.1 Å². The number of carbonyl (C=O) groups is 2. The highest BCUT2D eigenvalue weighted by Crippen LogP contribution is 2.37. The van der Waals surface area contributed by atoms with Crippen LogP contribution in [0.2, 0.25) is 0 Å². The van der Waals surface area contributed by atoms with Crippen LogP contribution in [0, 0.1) is 6.92 Å². The number of hydrogen-bond acceptors (Lipinski definition) is 5. The Balaban J connectivity index is 1.99. The van der Waals surface area contributed by atoms with E-state index in [1.54, 1.807) is 32.9 Å². The summed E-state index contributed by atoms with van der Waals surface area (Å²) < 4.78 is 10.8. The second-order valence-corrected chi connectivity index (χ2v) is 6.87. The number of fused-ring (bicyclic) bond motifs is 3. The van der Waals surface area contributed by atoms with Gasteiger partial charge in [0.1, 0.15) is 11.6 Å². The minimum atomic E-state index is -0.615. The third kappa shape index (κ3) is 3.04. The molecule has 6 heteroatoms. The second-order valence-electron chi connectivity index (χ2n) is 6.87. The molecule has 0 saturated carbocycles. The number of hydrogen-bond donors (Lipinski definition) is 1. The number of benzene rings is 1. The number of nitrogens with zero attached hydrogens (tertiary/aromatic N) is 1. The van der Waals surface area contributed by atoms with Crippen LogP contribution < -0.4 is 5.32 Å². The van der Waals surface area contributed by atoms with Crippen molar-refractivity contribution in [3.05, 3.63) is 41.3 Å². The molecule has 0 fully saturated rings. The van der Waals surface area contributed by atoms with Gasteiger partial charge in [-0.2, -0.15) is 0 Å². The highest BCUT2D eigenvalue weighted by Gasteiger charge is 2.33. The summed E-state index contributed by atoms with van der Waals surface area (Å²) in [5, 5.41) is 6.87. The van der Waals surface area contributed by atoms with E-state index in [0.717, 1.165) is 11.1 Å². The van der Waals surface area contributed by atoms with Crippen molar-refractivity contribution in [2.24, 2.45) is 0 Å². The van der Waals surface area contributed by atoms with Crippen molar-refractivity contribution < 1.29 is 18.8 Å². The summed E-state index contributed by atoms with van der Waals surface area (Å²) in [7, 11) is 0. The molecule has 0 spiro atoms. The molecule has 0 unspecified atom stereocenters. The summed E-state index contributed by atoms with van der Waals surface area (Å²) in [6.07, 6.45) is -0.0152. The van der Waals surface area contributed by atoms with Gasteiger partial charge < -0.3 is 14.6 Å². The maximum Gasteiger partial charge on any atom is 0.308 e. The zero-order chi connectivity index (χ0) is 17.5. The van der Waals surface area contributed by atoms with Gasteiger partial charge >= 0.3 is 5.97 Å². The normalized spacial score (nSPS) is 16.7. The number of aryl methyl sites for hydroxylation is 1. The molecule has 3 rings (SSSR count). The molecular formula is C18H20N2O4. The lowest BCUT2D eigenvalue weighted by Crippen LogP contribution is -2.31. The molecule has 1 aliphatic rings. The molecule has 6 nitrogen and oxygen atoms in total.